The van der Waals surface area contributed by atoms with Crippen molar-refractivity contribution in [2.75, 3.05) is 0 Å². The first-order valence-electron chi connectivity index (χ1n) is 7.56. The Bertz CT molecular complexity index is 660. The van der Waals surface area contributed by atoms with Gasteiger partial charge in [-0.2, -0.15) is 26.3 Å². The van der Waals surface area contributed by atoms with Gasteiger partial charge in [0.1, 0.15) is 8.07 Å². The first kappa shape index (κ1) is 18.8. The van der Waals surface area contributed by atoms with Crippen molar-refractivity contribution in [3.63, 3.8) is 0 Å². The van der Waals surface area contributed by atoms with Crippen molar-refractivity contribution in [2.45, 2.75) is 45.2 Å². The molecule has 1 aliphatic carbocycles. The van der Waals surface area contributed by atoms with Crippen LogP contribution < -0.4 is 5.19 Å². The van der Waals surface area contributed by atoms with Crippen LogP contribution in [0.3, 0.4) is 0 Å². The van der Waals surface area contributed by atoms with Gasteiger partial charge < -0.3 is 0 Å². The average Bonchev–Trinajstić information content (AvgIpc) is 2.94. The third-order valence-corrected chi connectivity index (χ3v) is 8.24. The Morgan fingerprint density at radius 2 is 1.42 bits per heavy atom. The Hall–Kier alpha value is -1.50. The van der Waals surface area contributed by atoms with Crippen LogP contribution in [0.25, 0.3) is 0 Å². The minimum absolute atomic E-state index is 0.161. The monoisotopic (exact) mass is 364 g/mol. The van der Waals surface area contributed by atoms with Crippen LogP contribution in [-0.2, 0) is 12.4 Å². The van der Waals surface area contributed by atoms with Gasteiger partial charge in [0.05, 0.1) is 11.1 Å². The van der Waals surface area contributed by atoms with Gasteiger partial charge in [-0.1, -0.05) is 60.3 Å². The summed E-state index contributed by atoms with van der Waals surface area (Å²) in [5, 5.41) is 1.16. The van der Waals surface area contributed by atoms with Gasteiger partial charge in [-0.25, -0.2) is 0 Å². The Morgan fingerprint density at radius 3 is 1.83 bits per heavy atom. The largest absolute Gasteiger partial charge is 0.416 e. The lowest BCUT2D eigenvalue weighted by atomic mass is 10.1. The molecule has 0 N–H and O–H groups in total. The van der Waals surface area contributed by atoms with E-state index in [9.17, 15) is 26.3 Å². The number of benzene rings is 1. The van der Waals surface area contributed by atoms with Crippen LogP contribution in [0.5, 0.6) is 0 Å². The fraction of sp³-hybridized carbons (Fsp3) is 0.412. The van der Waals surface area contributed by atoms with Crippen molar-refractivity contribution in [3.8, 4) is 0 Å². The molecule has 0 saturated heterocycles. The molecule has 0 spiro atoms. The summed E-state index contributed by atoms with van der Waals surface area (Å²) < 4.78 is 78.4. The smallest absolute Gasteiger partial charge is 0.166 e. The van der Waals surface area contributed by atoms with Crippen molar-refractivity contribution >= 4 is 13.3 Å². The Kier molecular flexibility index (Phi) is 4.78. The van der Waals surface area contributed by atoms with E-state index in [0.29, 0.717) is 12.8 Å². The van der Waals surface area contributed by atoms with Crippen LogP contribution in [0.2, 0.25) is 13.1 Å². The molecule has 1 aromatic carbocycles. The highest BCUT2D eigenvalue weighted by atomic mass is 28.3. The Morgan fingerprint density at radius 1 is 0.917 bits per heavy atom. The van der Waals surface area contributed by atoms with Crippen LogP contribution >= 0.6 is 0 Å². The fourth-order valence-corrected chi connectivity index (χ4v) is 6.10. The Labute approximate surface area is 137 Å². The van der Waals surface area contributed by atoms with E-state index in [2.05, 4.69) is 0 Å². The second-order valence-corrected chi connectivity index (χ2v) is 10.8. The predicted molar refractivity (Wildman–Crippen MR) is 84.6 cm³/mol. The third kappa shape index (κ3) is 3.60. The predicted octanol–water partition coefficient (Wildman–Crippen LogP) is 5.85. The fourth-order valence-electron chi connectivity index (χ4n) is 3.03. The van der Waals surface area contributed by atoms with Crippen molar-refractivity contribution in [3.05, 3.63) is 52.2 Å². The van der Waals surface area contributed by atoms with Crippen LogP contribution in [0.1, 0.15) is 30.9 Å². The normalized spacial score (nSPS) is 16.2. The molecule has 2 rings (SSSR count). The quantitative estimate of drug-likeness (QED) is 0.466. The maximum atomic E-state index is 13.1. The van der Waals surface area contributed by atoms with Crippen LogP contribution in [-0.4, -0.2) is 8.07 Å². The van der Waals surface area contributed by atoms with Gasteiger partial charge in [0.25, 0.3) is 0 Å². The summed E-state index contributed by atoms with van der Waals surface area (Å²) in [5.74, 6) is 0. The van der Waals surface area contributed by atoms with Gasteiger partial charge in [-0.15, -0.1) is 0 Å². The maximum absolute atomic E-state index is 13.1. The summed E-state index contributed by atoms with van der Waals surface area (Å²) in [6, 6.07) is 1.97. The molecule has 7 heteroatoms. The lowest BCUT2D eigenvalue weighted by Crippen LogP contribution is -2.45. The average molecular weight is 364 g/mol. The molecule has 0 amide bonds. The van der Waals surface area contributed by atoms with Gasteiger partial charge in [0, 0.05) is 0 Å². The molecule has 1 aromatic rings. The van der Waals surface area contributed by atoms with Gasteiger partial charge >= 0.3 is 12.4 Å². The highest BCUT2D eigenvalue weighted by Crippen LogP contribution is 2.37. The van der Waals surface area contributed by atoms with Gasteiger partial charge in [-0.3, -0.25) is 0 Å². The molecule has 0 aliphatic heterocycles. The number of hydrogen-bond acceptors (Lipinski definition) is 0. The van der Waals surface area contributed by atoms with E-state index in [0.717, 1.165) is 22.9 Å². The van der Waals surface area contributed by atoms with Gasteiger partial charge in [-0.05, 0) is 18.9 Å². The van der Waals surface area contributed by atoms with Crippen molar-refractivity contribution in [1.29, 1.82) is 0 Å². The minimum Gasteiger partial charge on any atom is -0.166 e. The number of halogens is 6. The van der Waals surface area contributed by atoms with Crippen LogP contribution in [0.15, 0.2) is 41.1 Å². The van der Waals surface area contributed by atoms with Crippen LogP contribution in [0, 0.1) is 0 Å². The van der Waals surface area contributed by atoms with Crippen molar-refractivity contribution in [2.24, 2.45) is 0 Å². The summed E-state index contributed by atoms with van der Waals surface area (Å²) in [6.45, 7) is 5.55. The van der Waals surface area contributed by atoms with Crippen molar-refractivity contribution in [1.82, 2.24) is 0 Å². The second kappa shape index (κ2) is 6.09. The summed E-state index contributed by atoms with van der Waals surface area (Å²) in [6.07, 6.45) is -4.47. The molecule has 0 nitrogen and oxygen atoms in total. The SMILES string of the molecule is CCC1=C([Si](C)(C)c2cc(C(F)(F)F)cc(C(F)(F)F)c2)CC=C1. The minimum atomic E-state index is -4.81. The van der Waals surface area contributed by atoms with E-state index in [1.165, 1.54) is 0 Å². The highest BCUT2D eigenvalue weighted by molar-refractivity contribution is 6.95. The lowest BCUT2D eigenvalue weighted by Gasteiger charge is -2.28. The van der Waals surface area contributed by atoms with E-state index in [1.807, 2.05) is 19.1 Å². The molecule has 0 fully saturated rings. The summed E-state index contributed by atoms with van der Waals surface area (Å²) in [7, 11) is -2.63. The zero-order valence-electron chi connectivity index (χ0n) is 13.6. The zero-order chi connectivity index (χ0) is 18.3. The standard InChI is InChI=1S/C17H18F6Si/c1-4-11-6-5-7-15(11)24(2,3)14-9-12(16(18,19)20)8-13(10-14)17(21,22)23/h5-6,8-10H,4,7H2,1-3H3. The molecule has 0 aromatic heterocycles. The third-order valence-electron chi connectivity index (χ3n) is 4.47. The second-order valence-electron chi connectivity index (χ2n) is 6.38. The highest BCUT2D eigenvalue weighted by Gasteiger charge is 2.40. The lowest BCUT2D eigenvalue weighted by molar-refractivity contribution is -0.142. The number of alkyl halides is 6. The topological polar surface area (TPSA) is 0 Å². The summed E-state index contributed by atoms with van der Waals surface area (Å²) in [5.41, 5.74) is -1.45. The molecule has 24 heavy (non-hydrogen) atoms. The number of rotatable bonds is 3. The van der Waals surface area contributed by atoms with E-state index >= 15 is 0 Å². The summed E-state index contributed by atoms with van der Waals surface area (Å²) >= 11 is 0. The molecule has 0 bridgehead atoms. The number of hydrogen-bond donors (Lipinski definition) is 0. The van der Waals surface area contributed by atoms with E-state index in [1.54, 1.807) is 13.1 Å². The van der Waals surface area contributed by atoms with E-state index in [4.69, 9.17) is 0 Å². The molecule has 0 heterocycles. The van der Waals surface area contributed by atoms with Crippen LogP contribution in [0.4, 0.5) is 26.3 Å². The molecular weight excluding hydrogens is 346 g/mol. The maximum Gasteiger partial charge on any atom is 0.416 e. The van der Waals surface area contributed by atoms with E-state index in [-0.39, 0.29) is 11.3 Å². The molecule has 0 unspecified atom stereocenters. The first-order valence-corrected chi connectivity index (χ1v) is 10.6. The Balaban J connectivity index is 2.65. The zero-order valence-corrected chi connectivity index (χ0v) is 14.6. The molecule has 0 atom stereocenters. The van der Waals surface area contributed by atoms with Crippen molar-refractivity contribution < 1.29 is 26.3 Å². The molecule has 132 valence electrons. The number of allylic oxidation sites excluding steroid dienone is 4. The van der Waals surface area contributed by atoms with Gasteiger partial charge in [0.15, 0.2) is 0 Å². The molecular formula is C17H18F6Si. The molecule has 1 aliphatic rings. The molecule has 0 saturated carbocycles. The van der Waals surface area contributed by atoms with Gasteiger partial charge in [0.2, 0.25) is 0 Å². The molecule has 0 radical (unpaired) electrons. The van der Waals surface area contributed by atoms with E-state index < -0.39 is 31.6 Å². The summed E-state index contributed by atoms with van der Waals surface area (Å²) in [4.78, 5) is 0. The first-order chi connectivity index (χ1) is 10.9.